The fraction of sp³-hybridized carbons (Fsp3) is 0.681. The molecule has 0 aliphatic heterocycles. The Balaban J connectivity index is 1.72. The molecule has 0 radical (unpaired) electrons. The second-order valence-corrected chi connectivity index (χ2v) is 25.0. The number of carboxylic acid groups (broad SMARTS) is 1. The van der Waals surface area contributed by atoms with Crippen molar-refractivity contribution in [1.82, 2.24) is 5.32 Å². The number of ketones is 1. The Morgan fingerprint density at radius 1 is 0.471 bits per heavy atom. The molecular formula is C72H113N2O27S+. The van der Waals surface area contributed by atoms with Gasteiger partial charge in [0.2, 0.25) is 11.0 Å². The molecule has 0 bridgehead atoms. The molecule has 0 aliphatic carbocycles. The van der Waals surface area contributed by atoms with Crippen LogP contribution in [0.2, 0.25) is 0 Å². The Labute approximate surface area is 600 Å². The van der Waals surface area contributed by atoms with Crippen molar-refractivity contribution >= 4 is 55.6 Å². The predicted molar refractivity (Wildman–Crippen MR) is 376 cm³/mol. The number of nitrogens with one attached hydrogen (secondary N) is 1. The lowest BCUT2D eigenvalue weighted by Gasteiger charge is -2.21. The van der Waals surface area contributed by atoms with Crippen molar-refractivity contribution in [2.75, 3.05) is 225 Å². The quantitative estimate of drug-likeness (QED) is 0.0105. The number of rotatable bonds is 67. The van der Waals surface area contributed by atoms with Crippen molar-refractivity contribution in [3.63, 3.8) is 0 Å². The second kappa shape index (κ2) is 55.7. The van der Waals surface area contributed by atoms with E-state index in [2.05, 4.69) is 5.32 Å². The first-order valence-corrected chi connectivity index (χ1v) is 36.8. The first-order chi connectivity index (χ1) is 49.6. The summed E-state index contributed by atoms with van der Waals surface area (Å²) in [4.78, 5) is 51.9. The average Bonchev–Trinajstić information content (AvgIpc) is 0.739. The summed E-state index contributed by atoms with van der Waals surface area (Å²) in [6.07, 6.45) is 1.69. The zero-order valence-electron chi connectivity index (χ0n) is 60.7. The van der Waals surface area contributed by atoms with Crippen LogP contribution >= 0.6 is 0 Å². The Kier molecular flexibility index (Phi) is 48.4. The standard InChI is InChI=1S/C72H112N2O27S/c1-7-21-85-29-33-91-39-43-95-52-62(53-96-44-40-92-34-30-86-22-8-2)99-60-15-17-66-64(50-60)69(72(79)101-70-56(3)48-58(49-57(70)4)71(78)73-19-24-88-32-31-87-23-10-13-59(75)12-9-14-68(76)77)65-51-61(16-18-67(65)74(66)20-11-47-102(80,81)82)100-63(54-97-45-41-93-37-35-89-27-25-83-5)55-98-46-42-94-38-36-90-28-26-84-6/h15-18,48-51,62-63H,7-14,19-47,52-55H2,1-6H3,(H2-,73,76,77,78,80,81,82)/p+1. The molecule has 4 aromatic rings. The normalized spacial score (nSPS) is 11.8. The van der Waals surface area contributed by atoms with Gasteiger partial charge in [-0.05, 0) is 87.1 Å². The number of nitrogens with zero attached hydrogens (tertiary/aromatic N) is 1. The number of hydrogen-bond acceptors (Lipinski definition) is 25. The largest absolute Gasteiger partial charge is 0.486 e. The minimum Gasteiger partial charge on any atom is -0.486 e. The first-order valence-electron chi connectivity index (χ1n) is 35.2. The fourth-order valence-electron chi connectivity index (χ4n) is 9.98. The van der Waals surface area contributed by atoms with E-state index in [1.165, 1.54) is 0 Å². The van der Waals surface area contributed by atoms with Gasteiger partial charge >= 0.3 is 11.9 Å². The van der Waals surface area contributed by atoms with Crippen molar-refractivity contribution < 1.29 is 132 Å². The van der Waals surface area contributed by atoms with Crippen LogP contribution in [0.3, 0.4) is 0 Å². The molecule has 4 rings (SSSR count). The van der Waals surface area contributed by atoms with Crippen LogP contribution in [-0.2, 0) is 102 Å². The van der Waals surface area contributed by atoms with E-state index in [1.54, 1.807) is 76.6 Å². The molecule has 578 valence electrons. The molecule has 30 heteroatoms. The van der Waals surface area contributed by atoms with Crippen molar-refractivity contribution in [3.8, 4) is 17.2 Å². The van der Waals surface area contributed by atoms with Crippen LogP contribution in [0.25, 0.3) is 21.8 Å². The number of aromatic nitrogens is 1. The minimum absolute atomic E-state index is 0.00431. The van der Waals surface area contributed by atoms with Gasteiger partial charge in [0.05, 0.1) is 200 Å². The third-order valence-corrected chi connectivity index (χ3v) is 15.6. The van der Waals surface area contributed by atoms with Crippen molar-refractivity contribution in [2.45, 2.75) is 97.8 Å². The summed E-state index contributed by atoms with van der Waals surface area (Å²) < 4.78 is 147. The summed E-state index contributed by atoms with van der Waals surface area (Å²) in [6, 6.07) is 13.6. The lowest BCUT2D eigenvalue weighted by molar-refractivity contribution is -0.645. The Morgan fingerprint density at radius 3 is 1.25 bits per heavy atom. The highest BCUT2D eigenvalue weighted by Crippen LogP contribution is 2.34. The molecular weight excluding hydrogens is 1360 g/mol. The summed E-state index contributed by atoms with van der Waals surface area (Å²) in [7, 11) is -1.19. The van der Waals surface area contributed by atoms with Crippen LogP contribution < -0.4 is 24.1 Å². The van der Waals surface area contributed by atoms with E-state index in [1.807, 2.05) is 18.4 Å². The zero-order valence-corrected chi connectivity index (χ0v) is 61.5. The lowest BCUT2D eigenvalue weighted by atomic mass is 10.0. The minimum atomic E-state index is -4.40. The number of aryl methyl sites for hydroxylation is 3. The fourth-order valence-corrected chi connectivity index (χ4v) is 10.5. The highest BCUT2D eigenvalue weighted by atomic mass is 32.2. The van der Waals surface area contributed by atoms with Crippen LogP contribution in [0.4, 0.5) is 0 Å². The second-order valence-electron chi connectivity index (χ2n) is 23.4. The number of amides is 1. The number of fused-ring (bicyclic) bond motifs is 2. The van der Waals surface area contributed by atoms with Crippen LogP contribution in [-0.4, -0.2) is 279 Å². The molecule has 3 aromatic carbocycles. The molecule has 102 heavy (non-hydrogen) atoms. The van der Waals surface area contributed by atoms with Gasteiger partial charge in [-0.2, -0.15) is 13.0 Å². The molecule has 29 nitrogen and oxygen atoms in total. The average molecular weight is 1470 g/mol. The number of aliphatic carboxylic acids is 1. The molecule has 0 saturated carbocycles. The zero-order chi connectivity index (χ0) is 73.7. The number of Topliss-reactive ketones (excluding diaryl/α,β-unsaturated/α-hetero) is 1. The predicted octanol–water partition coefficient (Wildman–Crippen LogP) is 6.57. The number of ether oxygens (including phenoxy) is 19. The summed E-state index contributed by atoms with van der Waals surface area (Å²) in [6.45, 7) is 17.5. The van der Waals surface area contributed by atoms with Gasteiger partial charge in [0.1, 0.15) is 35.2 Å². The van der Waals surface area contributed by atoms with Crippen molar-refractivity contribution in [1.29, 1.82) is 0 Å². The SMILES string of the molecule is CCCOCCOCCOCC(COCCOCCOCCC)Oc1ccc2c(c1)c(C(=O)Oc1c(C)cc(C(=O)NCCOCCOCCCC(=O)CCCC(=O)O)cc1C)c1cc(OC(COCCOCCOCCOC)COCCOCCOCCOC)ccc1[n+]2CCCS(=O)(=O)O. The summed E-state index contributed by atoms with van der Waals surface area (Å²) in [5, 5.41) is 12.3. The van der Waals surface area contributed by atoms with E-state index in [9.17, 15) is 27.4 Å². The Morgan fingerprint density at radius 2 is 0.853 bits per heavy atom. The molecule has 1 amide bonds. The van der Waals surface area contributed by atoms with Gasteiger partial charge in [-0.3, -0.25) is 18.9 Å². The molecule has 1 heterocycles. The van der Waals surface area contributed by atoms with E-state index in [4.69, 9.17) is 95.1 Å². The monoisotopic (exact) mass is 1470 g/mol. The molecule has 0 fully saturated rings. The molecule has 0 saturated heterocycles. The smallest absolute Gasteiger partial charge is 0.345 e. The van der Waals surface area contributed by atoms with E-state index < -0.39 is 45.9 Å². The Hall–Kier alpha value is -5.72. The third-order valence-electron chi connectivity index (χ3n) is 14.8. The highest BCUT2D eigenvalue weighted by Gasteiger charge is 2.30. The summed E-state index contributed by atoms with van der Waals surface area (Å²) in [5.41, 5.74) is 2.29. The molecule has 1 aromatic heterocycles. The molecule has 0 atom stereocenters. The molecule has 0 unspecified atom stereocenters. The van der Waals surface area contributed by atoms with Crippen molar-refractivity contribution in [2.24, 2.45) is 0 Å². The van der Waals surface area contributed by atoms with Crippen LogP contribution in [0.15, 0.2) is 48.5 Å². The number of carbonyl (C=O) groups excluding carboxylic acids is 3. The van der Waals surface area contributed by atoms with Crippen molar-refractivity contribution in [3.05, 3.63) is 70.8 Å². The van der Waals surface area contributed by atoms with Gasteiger partial charge in [0.15, 0.2) is 6.54 Å². The summed E-state index contributed by atoms with van der Waals surface area (Å²) in [5.74, 6) is -1.87. The van der Waals surface area contributed by atoms with Crippen LogP contribution in [0.5, 0.6) is 17.2 Å². The maximum atomic E-state index is 15.6. The number of esters is 1. The number of pyridine rings is 1. The number of methoxy groups -OCH3 is 2. The van der Waals surface area contributed by atoms with E-state index in [0.29, 0.717) is 182 Å². The third kappa shape index (κ3) is 39.4. The van der Waals surface area contributed by atoms with E-state index >= 15 is 4.79 Å². The van der Waals surface area contributed by atoms with E-state index in [-0.39, 0.29) is 135 Å². The van der Waals surface area contributed by atoms with Gasteiger partial charge in [-0.1, -0.05) is 13.8 Å². The molecule has 0 spiro atoms. The van der Waals surface area contributed by atoms with Gasteiger partial charge in [-0.25, -0.2) is 4.79 Å². The van der Waals surface area contributed by atoms with Gasteiger partial charge in [0, 0.05) is 84.0 Å². The maximum Gasteiger partial charge on any atom is 0.345 e. The maximum absolute atomic E-state index is 15.6. The van der Waals surface area contributed by atoms with Gasteiger partial charge < -0.3 is 100 Å². The lowest BCUT2D eigenvalue weighted by Crippen LogP contribution is -2.37. The van der Waals surface area contributed by atoms with Crippen LogP contribution in [0, 0.1) is 13.8 Å². The van der Waals surface area contributed by atoms with Gasteiger partial charge in [-0.15, -0.1) is 0 Å². The number of benzene rings is 3. The van der Waals surface area contributed by atoms with Gasteiger partial charge in [0.25, 0.3) is 16.0 Å². The highest BCUT2D eigenvalue weighted by molar-refractivity contribution is 7.85. The number of carbonyl (C=O) groups is 4. The summed E-state index contributed by atoms with van der Waals surface area (Å²) >= 11 is 0. The molecule has 0 aliphatic rings. The van der Waals surface area contributed by atoms with E-state index in [0.717, 1.165) is 12.8 Å². The molecule has 3 N–H and O–H groups in total. The topological polar surface area (TPSA) is 334 Å². The van der Waals surface area contributed by atoms with Crippen LogP contribution in [0.1, 0.15) is 97.1 Å². The number of carboxylic acids is 1. The first kappa shape index (κ1) is 88.7. The Bertz CT molecular complexity index is 3000. The number of hydrogen-bond donors (Lipinski definition) is 3.